The number of nitrogens with two attached hydrogens (primary N) is 1. The molecule has 2 aromatic rings. The Morgan fingerprint density at radius 1 is 0.957 bits per heavy atom. The van der Waals surface area contributed by atoms with Crippen molar-refractivity contribution in [2.45, 2.75) is 32.7 Å². The Labute approximate surface area is 139 Å². The van der Waals surface area contributed by atoms with Gasteiger partial charge in [-0.2, -0.15) is 0 Å². The van der Waals surface area contributed by atoms with Gasteiger partial charge in [-0.3, -0.25) is 4.79 Å². The van der Waals surface area contributed by atoms with Gasteiger partial charge in [0.05, 0.1) is 5.92 Å². The molecule has 122 valence electrons. The van der Waals surface area contributed by atoms with Gasteiger partial charge in [-0.1, -0.05) is 63.2 Å². The number of anilines is 1. The van der Waals surface area contributed by atoms with Crippen LogP contribution in [0.2, 0.25) is 0 Å². The fraction of sp³-hybridized carbons (Fsp3) is 0.350. The molecule has 2 aromatic carbocycles. The molecule has 2 atom stereocenters. The van der Waals surface area contributed by atoms with Crippen molar-refractivity contribution in [1.29, 1.82) is 0 Å². The van der Waals surface area contributed by atoms with Crippen molar-refractivity contribution >= 4 is 11.6 Å². The van der Waals surface area contributed by atoms with E-state index in [1.165, 1.54) is 5.56 Å². The molecular weight excluding hydrogens is 284 g/mol. The molecule has 1 amide bonds. The monoisotopic (exact) mass is 310 g/mol. The molecule has 2 rings (SSSR count). The van der Waals surface area contributed by atoms with Gasteiger partial charge in [0, 0.05) is 18.8 Å². The minimum absolute atomic E-state index is 0.0299. The average Bonchev–Trinajstić information content (AvgIpc) is 2.60. The van der Waals surface area contributed by atoms with Crippen LogP contribution in [0.4, 0.5) is 5.69 Å². The number of carbonyl (C=O) groups is 1. The second kappa shape index (κ2) is 7.42. The van der Waals surface area contributed by atoms with E-state index >= 15 is 0 Å². The predicted octanol–water partition coefficient (Wildman–Crippen LogP) is 4.11. The van der Waals surface area contributed by atoms with E-state index in [9.17, 15) is 4.79 Å². The lowest BCUT2D eigenvalue weighted by Gasteiger charge is -2.26. The van der Waals surface area contributed by atoms with Gasteiger partial charge in [0.2, 0.25) is 5.91 Å². The first-order valence-electron chi connectivity index (χ1n) is 8.10. The largest absolute Gasteiger partial charge is 0.323 e. The zero-order valence-electron chi connectivity index (χ0n) is 14.4. The number of amides is 1. The summed E-state index contributed by atoms with van der Waals surface area (Å²) in [6.45, 7) is 6.19. The van der Waals surface area contributed by atoms with Gasteiger partial charge in [-0.25, -0.2) is 0 Å². The molecule has 0 aliphatic rings. The van der Waals surface area contributed by atoms with Crippen molar-refractivity contribution in [2.24, 2.45) is 11.7 Å². The Kier molecular flexibility index (Phi) is 5.56. The standard InChI is InChI=1S/C20H26N2O/c1-14(2)17-11-8-12-18(13-17)22(4)20(23)15(3)19(21)16-9-6-5-7-10-16/h5-15,19H,21H2,1-4H3. The van der Waals surface area contributed by atoms with Crippen molar-refractivity contribution < 1.29 is 4.79 Å². The van der Waals surface area contributed by atoms with Gasteiger partial charge in [0.25, 0.3) is 0 Å². The molecular formula is C20H26N2O. The van der Waals surface area contributed by atoms with E-state index < -0.39 is 0 Å². The fourth-order valence-corrected chi connectivity index (χ4v) is 2.64. The van der Waals surface area contributed by atoms with Crippen LogP contribution in [0, 0.1) is 5.92 Å². The molecule has 0 heterocycles. The Balaban J connectivity index is 2.17. The maximum atomic E-state index is 12.8. The van der Waals surface area contributed by atoms with Gasteiger partial charge in [0.1, 0.15) is 0 Å². The van der Waals surface area contributed by atoms with E-state index in [1.54, 1.807) is 4.90 Å². The third kappa shape index (κ3) is 3.99. The molecule has 23 heavy (non-hydrogen) atoms. The van der Waals surface area contributed by atoms with Crippen molar-refractivity contribution in [3.8, 4) is 0 Å². The van der Waals surface area contributed by atoms with Crippen LogP contribution in [-0.2, 0) is 4.79 Å². The molecule has 2 unspecified atom stereocenters. The highest BCUT2D eigenvalue weighted by atomic mass is 16.2. The molecule has 0 aromatic heterocycles. The SMILES string of the molecule is CC(C)c1cccc(N(C)C(=O)C(C)C(N)c2ccccc2)c1. The third-order valence-electron chi connectivity index (χ3n) is 4.37. The molecule has 0 bridgehead atoms. The number of rotatable bonds is 5. The Morgan fingerprint density at radius 2 is 1.57 bits per heavy atom. The highest BCUT2D eigenvalue weighted by Gasteiger charge is 2.25. The second-order valence-electron chi connectivity index (χ2n) is 6.37. The Bertz CT molecular complexity index is 652. The Morgan fingerprint density at radius 3 is 2.17 bits per heavy atom. The van der Waals surface area contributed by atoms with Gasteiger partial charge < -0.3 is 10.6 Å². The third-order valence-corrected chi connectivity index (χ3v) is 4.37. The normalized spacial score (nSPS) is 13.7. The highest BCUT2D eigenvalue weighted by molar-refractivity contribution is 5.94. The summed E-state index contributed by atoms with van der Waals surface area (Å²) in [5.74, 6) is 0.176. The van der Waals surface area contributed by atoms with E-state index in [0.29, 0.717) is 5.92 Å². The van der Waals surface area contributed by atoms with Gasteiger partial charge >= 0.3 is 0 Å². The summed E-state index contributed by atoms with van der Waals surface area (Å²) in [6, 6.07) is 17.6. The molecule has 0 fully saturated rings. The predicted molar refractivity (Wildman–Crippen MR) is 96.5 cm³/mol. The van der Waals surface area contributed by atoms with Gasteiger partial charge in [-0.05, 0) is 29.2 Å². The molecule has 3 heteroatoms. The lowest BCUT2D eigenvalue weighted by molar-refractivity contribution is -0.122. The maximum absolute atomic E-state index is 12.8. The van der Waals surface area contributed by atoms with Gasteiger partial charge in [0.15, 0.2) is 0 Å². The molecule has 3 nitrogen and oxygen atoms in total. The van der Waals surface area contributed by atoms with Crippen LogP contribution >= 0.6 is 0 Å². The highest BCUT2D eigenvalue weighted by Crippen LogP contribution is 2.25. The lowest BCUT2D eigenvalue weighted by atomic mass is 9.94. The van der Waals surface area contributed by atoms with Crippen LogP contribution in [0.15, 0.2) is 54.6 Å². The summed E-state index contributed by atoms with van der Waals surface area (Å²) in [5, 5.41) is 0. The first-order valence-corrected chi connectivity index (χ1v) is 8.10. The zero-order chi connectivity index (χ0) is 17.0. The molecule has 0 radical (unpaired) electrons. The van der Waals surface area contributed by atoms with Crippen molar-refractivity contribution in [3.05, 3.63) is 65.7 Å². The van der Waals surface area contributed by atoms with Gasteiger partial charge in [-0.15, -0.1) is 0 Å². The van der Waals surface area contributed by atoms with E-state index in [4.69, 9.17) is 5.73 Å². The minimum atomic E-state index is -0.306. The summed E-state index contributed by atoms with van der Waals surface area (Å²) >= 11 is 0. The first kappa shape index (κ1) is 17.2. The molecule has 0 spiro atoms. The second-order valence-corrected chi connectivity index (χ2v) is 6.37. The number of nitrogens with zero attached hydrogens (tertiary/aromatic N) is 1. The summed E-state index contributed by atoms with van der Waals surface area (Å²) in [5.41, 5.74) is 9.40. The van der Waals surface area contributed by atoms with E-state index in [1.807, 2.05) is 56.4 Å². The van der Waals surface area contributed by atoms with Crippen molar-refractivity contribution in [2.75, 3.05) is 11.9 Å². The van der Waals surface area contributed by atoms with Crippen molar-refractivity contribution in [1.82, 2.24) is 0 Å². The smallest absolute Gasteiger partial charge is 0.231 e. The minimum Gasteiger partial charge on any atom is -0.323 e. The number of hydrogen-bond acceptors (Lipinski definition) is 2. The summed E-state index contributed by atoms with van der Waals surface area (Å²) in [4.78, 5) is 14.5. The molecule has 0 saturated heterocycles. The average molecular weight is 310 g/mol. The zero-order valence-corrected chi connectivity index (χ0v) is 14.4. The lowest BCUT2D eigenvalue weighted by Crippen LogP contribution is -2.37. The van der Waals surface area contributed by atoms with Crippen LogP contribution < -0.4 is 10.6 Å². The summed E-state index contributed by atoms with van der Waals surface area (Å²) in [7, 11) is 1.82. The molecule has 2 N–H and O–H groups in total. The number of hydrogen-bond donors (Lipinski definition) is 1. The number of benzene rings is 2. The summed E-state index contributed by atoms with van der Waals surface area (Å²) in [6.07, 6.45) is 0. The van der Waals surface area contributed by atoms with E-state index in [2.05, 4.69) is 26.0 Å². The van der Waals surface area contributed by atoms with Crippen LogP contribution in [0.1, 0.15) is 43.9 Å². The van der Waals surface area contributed by atoms with Crippen LogP contribution in [0.3, 0.4) is 0 Å². The molecule has 0 saturated carbocycles. The molecule has 0 aliphatic heterocycles. The maximum Gasteiger partial charge on any atom is 0.231 e. The van der Waals surface area contributed by atoms with Crippen LogP contribution in [-0.4, -0.2) is 13.0 Å². The Hall–Kier alpha value is -2.13. The molecule has 0 aliphatic carbocycles. The number of carbonyl (C=O) groups excluding carboxylic acids is 1. The quantitative estimate of drug-likeness (QED) is 0.903. The van der Waals surface area contributed by atoms with Crippen LogP contribution in [0.25, 0.3) is 0 Å². The first-order chi connectivity index (χ1) is 10.9. The fourth-order valence-electron chi connectivity index (χ4n) is 2.64. The van der Waals surface area contributed by atoms with Crippen molar-refractivity contribution in [3.63, 3.8) is 0 Å². The summed E-state index contributed by atoms with van der Waals surface area (Å²) < 4.78 is 0. The van der Waals surface area contributed by atoms with Crippen LogP contribution in [0.5, 0.6) is 0 Å². The van der Waals surface area contributed by atoms with E-state index in [-0.39, 0.29) is 17.9 Å². The van der Waals surface area contributed by atoms with E-state index in [0.717, 1.165) is 11.3 Å². The topological polar surface area (TPSA) is 46.3 Å².